The smallest absolute Gasteiger partial charge is 0.410 e. The normalized spacial score (nSPS) is 14.9. The summed E-state index contributed by atoms with van der Waals surface area (Å²) in [4.78, 5) is 15.3. The van der Waals surface area contributed by atoms with Crippen LogP contribution < -0.4 is 10.1 Å². The molecule has 1 heterocycles. The molecule has 0 bridgehead atoms. The van der Waals surface area contributed by atoms with Crippen LogP contribution >= 0.6 is 12.2 Å². The molecule has 0 saturated carbocycles. The third-order valence-corrected chi connectivity index (χ3v) is 6.05. The van der Waals surface area contributed by atoms with Crippen molar-refractivity contribution in [1.82, 2.24) is 10.2 Å². The van der Waals surface area contributed by atoms with E-state index >= 15 is 0 Å². The zero-order valence-electron chi connectivity index (χ0n) is 19.5. The molecule has 0 atom stereocenters. The fourth-order valence-electron chi connectivity index (χ4n) is 3.95. The first kappa shape index (κ1) is 25.2. The molecular formula is C24H38N2O4S. The number of likely N-dealkylation sites (tertiary alicyclic amines) is 1. The van der Waals surface area contributed by atoms with Gasteiger partial charge in [0, 0.05) is 25.6 Å². The van der Waals surface area contributed by atoms with E-state index in [0.717, 1.165) is 36.2 Å². The summed E-state index contributed by atoms with van der Waals surface area (Å²) in [5.41, 5.74) is 0.986. The average molecular weight is 451 g/mol. The van der Waals surface area contributed by atoms with Crippen LogP contribution in [-0.2, 0) is 11.3 Å². The van der Waals surface area contributed by atoms with Crippen molar-refractivity contribution in [2.24, 2.45) is 17.8 Å². The van der Waals surface area contributed by atoms with Crippen molar-refractivity contribution < 1.29 is 19.4 Å². The zero-order valence-corrected chi connectivity index (χ0v) is 20.3. The third-order valence-electron chi connectivity index (χ3n) is 5.57. The highest BCUT2D eigenvalue weighted by Gasteiger charge is 2.28. The van der Waals surface area contributed by atoms with E-state index in [1.54, 1.807) is 12.1 Å². The highest BCUT2D eigenvalue weighted by molar-refractivity contribution is 7.80. The van der Waals surface area contributed by atoms with Crippen molar-refractivity contribution in [3.8, 4) is 11.5 Å². The van der Waals surface area contributed by atoms with Crippen LogP contribution in [0.1, 0.15) is 58.9 Å². The molecule has 2 N–H and O–H groups in total. The van der Waals surface area contributed by atoms with Gasteiger partial charge in [-0.25, -0.2) is 4.79 Å². The molecule has 1 fully saturated rings. The summed E-state index contributed by atoms with van der Waals surface area (Å²) in [6.45, 7) is 10.5. The number of carbonyl (C=O) groups excluding carboxylic acids is 1. The average Bonchev–Trinajstić information content (AvgIpc) is 2.72. The Morgan fingerprint density at radius 3 is 2.35 bits per heavy atom. The number of hydrogen-bond acceptors (Lipinski definition) is 5. The maximum Gasteiger partial charge on any atom is 0.410 e. The van der Waals surface area contributed by atoms with Crippen LogP contribution in [-0.4, -0.2) is 47.4 Å². The Bertz CT molecular complexity index is 720. The van der Waals surface area contributed by atoms with E-state index in [9.17, 15) is 9.90 Å². The molecule has 1 aromatic rings. The maximum atomic E-state index is 12.7. The molecule has 1 aliphatic heterocycles. The molecule has 1 aliphatic rings. The number of aromatic hydroxyl groups is 1. The predicted molar refractivity (Wildman–Crippen MR) is 128 cm³/mol. The first-order valence-electron chi connectivity index (χ1n) is 11.3. The topological polar surface area (TPSA) is 71.0 Å². The Labute approximate surface area is 192 Å². The van der Waals surface area contributed by atoms with Crippen LogP contribution in [0.25, 0.3) is 0 Å². The van der Waals surface area contributed by atoms with E-state index in [0.29, 0.717) is 37.2 Å². The van der Waals surface area contributed by atoms with Crippen LogP contribution in [0.2, 0.25) is 0 Å². The van der Waals surface area contributed by atoms with E-state index in [1.807, 2.05) is 11.0 Å². The highest BCUT2D eigenvalue weighted by atomic mass is 32.1. The molecule has 1 aromatic carbocycles. The number of nitrogens with zero attached hydrogens (tertiary/aromatic N) is 1. The summed E-state index contributed by atoms with van der Waals surface area (Å²) < 4.78 is 11.0. The van der Waals surface area contributed by atoms with Gasteiger partial charge in [-0.15, -0.1) is 0 Å². The molecule has 174 valence electrons. The van der Waals surface area contributed by atoms with Gasteiger partial charge in [-0.1, -0.05) is 46.0 Å². The van der Waals surface area contributed by atoms with Gasteiger partial charge in [0.25, 0.3) is 0 Å². The Balaban J connectivity index is 1.80. The summed E-state index contributed by atoms with van der Waals surface area (Å²) in [7, 11) is 1.53. The van der Waals surface area contributed by atoms with E-state index in [1.165, 1.54) is 7.11 Å². The van der Waals surface area contributed by atoms with E-state index in [2.05, 4.69) is 33.0 Å². The van der Waals surface area contributed by atoms with Crippen LogP contribution in [0.4, 0.5) is 4.79 Å². The van der Waals surface area contributed by atoms with Crippen LogP contribution in [0.15, 0.2) is 18.2 Å². The number of nitrogens with one attached hydrogen (secondary N) is 1. The molecule has 2 rings (SSSR count). The monoisotopic (exact) mass is 450 g/mol. The summed E-state index contributed by atoms with van der Waals surface area (Å²) >= 11 is 5.60. The van der Waals surface area contributed by atoms with Gasteiger partial charge in [-0.05, 0) is 55.2 Å². The SMILES string of the molecule is COc1cc(CNC(=S)C2CCN(C(=O)OC(CC(C)C)CC(C)C)CC2)ccc1O. The predicted octanol–water partition coefficient (Wildman–Crippen LogP) is 5.13. The van der Waals surface area contributed by atoms with Crippen molar-refractivity contribution in [1.29, 1.82) is 0 Å². The standard InChI is InChI=1S/C24H38N2O4S/c1-16(2)12-20(13-17(3)4)30-24(28)26-10-8-19(9-11-26)23(31)25-15-18-6-7-21(27)22(14-18)29-5/h6-7,14,16-17,19-20,27H,8-13,15H2,1-5H3,(H,25,31). The second-order valence-corrected chi connectivity index (χ2v) is 9.69. The summed E-state index contributed by atoms with van der Waals surface area (Å²) in [6, 6.07) is 5.26. The van der Waals surface area contributed by atoms with Crippen molar-refractivity contribution >= 4 is 23.3 Å². The molecule has 7 heteroatoms. The lowest BCUT2D eigenvalue weighted by Gasteiger charge is -2.33. The number of piperidine rings is 1. The minimum atomic E-state index is -0.195. The number of phenolic OH excluding ortho intramolecular Hbond substituents is 1. The minimum absolute atomic E-state index is 0.0183. The molecule has 1 saturated heterocycles. The van der Waals surface area contributed by atoms with E-state index < -0.39 is 0 Å². The number of rotatable bonds is 9. The van der Waals surface area contributed by atoms with Gasteiger partial charge in [-0.3, -0.25) is 0 Å². The summed E-state index contributed by atoms with van der Waals surface area (Å²) in [6.07, 6.45) is 3.25. The van der Waals surface area contributed by atoms with Crippen molar-refractivity contribution in [2.45, 2.75) is 66.0 Å². The van der Waals surface area contributed by atoms with Crippen molar-refractivity contribution in [3.05, 3.63) is 23.8 Å². The fraction of sp³-hybridized carbons (Fsp3) is 0.667. The van der Waals surface area contributed by atoms with Gasteiger partial charge in [0.15, 0.2) is 11.5 Å². The lowest BCUT2D eigenvalue weighted by atomic mass is 9.96. The molecule has 0 aromatic heterocycles. The van der Waals surface area contributed by atoms with E-state index in [-0.39, 0.29) is 23.9 Å². The Morgan fingerprint density at radius 2 is 1.81 bits per heavy atom. The first-order chi connectivity index (χ1) is 14.7. The number of carbonyl (C=O) groups is 1. The molecule has 6 nitrogen and oxygen atoms in total. The van der Waals surface area contributed by atoms with Crippen molar-refractivity contribution in [3.63, 3.8) is 0 Å². The largest absolute Gasteiger partial charge is 0.504 e. The number of amides is 1. The van der Waals surface area contributed by atoms with Gasteiger partial charge >= 0.3 is 6.09 Å². The molecule has 0 radical (unpaired) electrons. The second kappa shape index (κ2) is 12.1. The van der Waals surface area contributed by atoms with Gasteiger partial charge in [0.1, 0.15) is 6.10 Å². The quantitative estimate of drug-likeness (QED) is 0.509. The molecule has 0 unspecified atom stereocenters. The number of thiocarbonyl (C=S) groups is 1. The van der Waals surface area contributed by atoms with Crippen LogP contribution in [0.5, 0.6) is 11.5 Å². The lowest BCUT2D eigenvalue weighted by Crippen LogP contribution is -2.43. The molecule has 1 amide bonds. The van der Waals surface area contributed by atoms with Crippen molar-refractivity contribution in [2.75, 3.05) is 20.2 Å². The highest BCUT2D eigenvalue weighted by Crippen LogP contribution is 2.26. The van der Waals surface area contributed by atoms with Gasteiger partial charge < -0.3 is 24.8 Å². The number of phenols is 1. The second-order valence-electron chi connectivity index (χ2n) is 9.25. The number of methoxy groups -OCH3 is 1. The van der Waals surface area contributed by atoms with Gasteiger partial charge in [0.05, 0.1) is 12.1 Å². The summed E-state index contributed by atoms with van der Waals surface area (Å²) in [5.74, 6) is 1.82. The maximum absolute atomic E-state index is 12.7. The van der Waals surface area contributed by atoms with Gasteiger partial charge in [-0.2, -0.15) is 0 Å². The third kappa shape index (κ3) is 8.20. The fourth-order valence-corrected chi connectivity index (χ4v) is 4.26. The van der Waals surface area contributed by atoms with E-state index in [4.69, 9.17) is 21.7 Å². The number of ether oxygens (including phenoxy) is 2. The Kier molecular flexibility index (Phi) is 9.88. The minimum Gasteiger partial charge on any atom is -0.504 e. The summed E-state index contributed by atoms with van der Waals surface area (Å²) in [5, 5.41) is 13.0. The Hall–Kier alpha value is -2.02. The van der Waals surface area contributed by atoms with Crippen LogP contribution in [0, 0.1) is 17.8 Å². The molecule has 31 heavy (non-hydrogen) atoms. The van der Waals surface area contributed by atoms with Crippen LogP contribution in [0.3, 0.4) is 0 Å². The molecule has 0 spiro atoms. The van der Waals surface area contributed by atoms with Gasteiger partial charge in [0.2, 0.25) is 0 Å². The molecule has 0 aliphatic carbocycles. The number of hydrogen-bond donors (Lipinski definition) is 2. The lowest BCUT2D eigenvalue weighted by molar-refractivity contribution is 0.0383. The Morgan fingerprint density at radius 1 is 1.19 bits per heavy atom. The molecular weight excluding hydrogens is 412 g/mol. The number of benzene rings is 1. The first-order valence-corrected chi connectivity index (χ1v) is 11.7. The zero-order chi connectivity index (χ0) is 23.0.